The number of thioether (sulfide) groups is 1. The minimum absolute atomic E-state index is 0.124. The highest BCUT2D eigenvalue weighted by Gasteiger charge is 2.06. The Hall–Kier alpha value is -1.48. The Morgan fingerprint density at radius 1 is 1.13 bits per heavy atom. The lowest BCUT2D eigenvalue weighted by Gasteiger charge is -2.08. The predicted molar refractivity (Wildman–Crippen MR) is 66.7 cm³/mol. The van der Waals surface area contributed by atoms with E-state index < -0.39 is 0 Å². The van der Waals surface area contributed by atoms with Crippen LogP contribution in [0.3, 0.4) is 0 Å². The maximum atomic E-state index is 7.52. The molecule has 0 aliphatic heterocycles. The van der Waals surface area contributed by atoms with Crippen LogP contribution in [-0.4, -0.2) is 12.1 Å². The maximum Gasteiger partial charge on any atom is 0.123 e. The third-order valence-electron chi connectivity index (χ3n) is 2.39. The largest absolute Gasteiger partial charge is 0.384 e. The van der Waals surface area contributed by atoms with Gasteiger partial charge in [-0.2, -0.15) is 0 Å². The van der Waals surface area contributed by atoms with E-state index in [0.29, 0.717) is 0 Å². The van der Waals surface area contributed by atoms with Crippen LogP contribution in [0.1, 0.15) is 5.56 Å². The zero-order valence-electron chi connectivity index (χ0n) is 8.45. The van der Waals surface area contributed by atoms with Gasteiger partial charge in [-0.05, 0) is 29.2 Å². The molecule has 3 N–H and O–H groups in total. The topological polar surface area (TPSA) is 49.9 Å². The first-order valence-electron chi connectivity index (χ1n) is 4.64. The van der Waals surface area contributed by atoms with Crippen molar-refractivity contribution >= 4 is 28.4 Å². The van der Waals surface area contributed by atoms with Crippen molar-refractivity contribution in [1.29, 1.82) is 5.41 Å². The normalized spacial score (nSPS) is 10.5. The molecule has 2 aromatic rings. The molecule has 0 atom stereocenters. The van der Waals surface area contributed by atoms with Gasteiger partial charge < -0.3 is 5.73 Å². The zero-order valence-corrected chi connectivity index (χ0v) is 9.27. The smallest absolute Gasteiger partial charge is 0.123 e. The molecule has 0 saturated heterocycles. The van der Waals surface area contributed by atoms with E-state index in [1.54, 1.807) is 11.8 Å². The quantitative estimate of drug-likeness (QED) is 0.460. The van der Waals surface area contributed by atoms with Crippen LogP contribution >= 0.6 is 11.8 Å². The Balaban J connectivity index is 2.83. The summed E-state index contributed by atoms with van der Waals surface area (Å²) in [6.07, 6.45) is 2.05. The van der Waals surface area contributed by atoms with Crippen LogP contribution in [0, 0.1) is 5.41 Å². The standard InChI is InChI=1S/C12H12N2S/c1-15-11-7-6-10(12(13)14)8-4-2-3-5-9(8)11/h2-7H,1H3,(H3,13,14). The molecule has 0 fully saturated rings. The molecular weight excluding hydrogens is 204 g/mol. The molecule has 0 aromatic heterocycles. The fourth-order valence-corrected chi connectivity index (χ4v) is 2.29. The molecule has 0 radical (unpaired) electrons. The molecule has 3 heteroatoms. The fourth-order valence-electron chi connectivity index (χ4n) is 1.68. The van der Waals surface area contributed by atoms with Crippen LogP contribution < -0.4 is 5.73 Å². The number of nitrogen functional groups attached to an aromatic ring is 1. The molecule has 15 heavy (non-hydrogen) atoms. The Labute approximate surface area is 93.0 Å². The summed E-state index contributed by atoms with van der Waals surface area (Å²) >= 11 is 1.71. The number of hydrogen-bond acceptors (Lipinski definition) is 2. The van der Waals surface area contributed by atoms with Crippen molar-refractivity contribution in [2.24, 2.45) is 5.73 Å². The molecule has 0 aliphatic rings. The third-order valence-corrected chi connectivity index (χ3v) is 3.19. The molecule has 0 heterocycles. The molecular formula is C12H12N2S. The number of nitrogens with one attached hydrogen (secondary N) is 1. The van der Waals surface area contributed by atoms with Crippen molar-refractivity contribution in [3.05, 3.63) is 42.0 Å². The number of nitrogens with two attached hydrogens (primary N) is 1. The molecule has 76 valence electrons. The van der Waals surface area contributed by atoms with Crippen molar-refractivity contribution in [2.75, 3.05) is 6.26 Å². The third kappa shape index (κ3) is 1.70. The van der Waals surface area contributed by atoms with Crippen molar-refractivity contribution in [3.63, 3.8) is 0 Å². The first-order valence-corrected chi connectivity index (χ1v) is 5.86. The van der Waals surface area contributed by atoms with Gasteiger partial charge in [0, 0.05) is 10.5 Å². The van der Waals surface area contributed by atoms with Gasteiger partial charge in [0.05, 0.1) is 0 Å². The Bertz CT molecular complexity index is 520. The van der Waals surface area contributed by atoms with E-state index in [1.165, 1.54) is 4.90 Å². The van der Waals surface area contributed by atoms with Gasteiger partial charge in [-0.1, -0.05) is 24.3 Å². The molecule has 0 bridgehead atoms. The lowest BCUT2D eigenvalue weighted by Crippen LogP contribution is -2.11. The van der Waals surface area contributed by atoms with Gasteiger partial charge in [0.2, 0.25) is 0 Å². The molecule has 2 nitrogen and oxygen atoms in total. The average molecular weight is 216 g/mol. The molecule has 2 rings (SSSR count). The summed E-state index contributed by atoms with van der Waals surface area (Å²) in [7, 11) is 0. The van der Waals surface area contributed by atoms with E-state index in [1.807, 2.05) is 30.3 Å². The highest BCUT2D eigenvalue weighted by Crippen LogP contribution is 2.28. The highest BCUT2D eigenvalue weighted by molar-refractivity contribution is 7.98. The van der Waals surface area contributed by atoms with Crippen molar-refractivity contribution in [3.8, 4) is 0 Å². The summed E-state index contributed by atoms with van der Waals surface area (Å²) in [5.41, 5.74) is 6.36. The number of benzene rings is 2. The molecule has 0 amide bonds. The number of rotatable bonds is 2. The first-order chi connectivity index (χ1) is 7.24. The van der Waals surface area contributed by atoms with Gasteiger partial charge in [0.25, 0.3) is 0 Å². The summed E-state index contributed by atoms with van der Waals surface area (Å²) in [4.78, 5) is 1.22. The van der Waals surface area contributed by atoms with E-state index in [9.17, 15) is 0 Å². The molecule has 2 aromatic carbocycles. The van der Waals surface area contributed by atoms with Crippen LogP contribution in [0.15, 0.2) is 41.3 Å². The van der Waals surface area contributed by atoms with E-state index in [4.69, 9.17) is 11.1 Å². The van der Waals surface area contributed by atoms with Gasteiger partial charge in [0.15, 0.2) is 0 Å². The van der Waals surface area contributed by atoms with Gasteiger partial charge in [-0.25, -0.2) is 0 Å². The van der Waals surface area contributed by atoms with Crippen molar-refractivity contribution in [2.45, 2.75) is 4.90 Å². The Kier molecular flexibility index (Phi) is 2.64. The van der Waals surface area contributed by atoms with Crippen LogP contribution in [-0.2, 0) is 0 Å². The van der Waals surface area contributed by atoms with E-state index in [0.717, 1.165) is 16.3 Å². The SMILES string of the molecule is CSc1ccc(C(=N)N)c2ccccc12. The van der Waals surface area contributed by atoms with Crippen LogP contribution in [0.2, 0.25) is 0 Å². The second kappa shape index (κ2) is 3.95. The van der Waals surface area contributed by atoms with Gasteiger partial charge >= 0.3 is 0 Å². The number of amidine groups is 1. The maximum absolute atomic E-state index is 7.52. The second-order valence-electron chi connectivity index (χ2n) is 3.27. The first kappa shape index (κ1) is 10.1. The van der Waals surface area contributed by atoms with E-state index >= 15 is 0 Å². The lowest BCUT2D eigenvalue weighted by molar-refractivity contribution is 1.42. The summed E-state index contributed by atoms with van der Waals surface area (Å²) in [5, 5.41) is 9.73. The van der Waals surface area contributed by atoms with E-state index in [2.05, 4.69) is 12.3 Å². The van der Waals surface area contributed by atoms with Crippen molar-refractivity contribution < 1.29 is 0 Å². The lowest BCUT2D eigenvalue weighted by atomic mass is 10.0. The summed E-state index contributed by atoms with van der Waals surface area (Å²) < 4.78 is 0. The molecule has 0 unspecified atom stereocenters. The monoisotopic (exact) mass is 216 g/mol. The van der Waals surface area contributed by atoms with E-state index in [-0.39, 0.29) is 5.84 Å². The second-order valence-corrected chi connectivity index (χ2v) is 4.12. The molecule has 0 spiro atoms. The average Bonchev–Trinajstić information content (AvgIpc) is 2.27. The number of hydrogen-bond donors (Lipinski definition) is 2. The molecule has 0 aliphatic carbocycles. The Morgan fingerprint density at radius 3 is 2.40 bits per heavy atom. The predicted octanol–water partition coefficient (Wildman–Crippen LogP) is 2.85. The van der Waals surface area contributed by atoms with Crippen LogP contribution in [0.25, 0.3) is 10.8 Å². The van der Waals surface area contributed by atoms with Gasteiger partial charge in [-0.3, -0.25) is 5.41 Å². The summed E-state index contributed by atoms with van der Waals surface area (Å²) in [6.45, 7) is 0. The fraction of sp³-hybridized carbons (Fsp3) is 0.0833. The molecule has 0 saturated carbocycles. The van der Waals surface area contributed by atoms with Crippen LogP contribution in [0.5, 0.6) is 0 Å². The Morgan fingerprint density at radius 2 is 1.80 bits per heavy atom. The van der Waals surface area contributed by atoms with Crippen molar-refractivity contribution in [1.82, 2.24) is 0 Å². The van der Waals surface area contributed by atoms with Crippen LogP contribution in [0.4, 0.5) is 0 Å². The minimum Gasteiger partial charge on any atom is -0.384 e. The zero-order chi connectivity index (χ0) is 10.8. The minimum atomic E-state index is 0.124. The highest BCUT2D eigenvalue weighted by atomic mass is 32.2. The number of fused-ring (bicyclic) bond motifs is 1. The summed E-state index contributed by atoms with van der Waals surface area (Å²) in [5.74, 6) is 0.124. The van der Waals surface area contributed by atoms with Gasteiger partial charge in [0.1, 0.15) is 5.84 Å². The summed E-state index contributed by atoms with van der Waals surface area (Å²) in [6, 6.07) is 12.0. The van der Waals surface area contributed by atoms with Gasteiger partial charge in [-0.15, -0.1) is 11.8 Å².